The van der Waals surface area contributed by atoms with E-state index in [0.717, 1.165) is 12.8 Å². The van der Waals surface area contributed by atoms with Crippen LogP contribution in [0.3, 0.4) is 0 Å². The molecule has 0 atom stereocenters. The maximum absolute atomic E-state index is 10.9. The van der Waals surface area contributed by atoms with E-state index in [1.165, 1.54) is 18.0 Å². The zero-order chi connectivity index (χ0) is 10.1. The second-order valence-corrected chi connectivity index (χ2v) is 4.32. The molecule has 0 aliphatic heterocycles. The summed E-state index contributed by atoms with van der Waals surface area (Å²) in [6.45, 7) is 1.73. The largest absolute Gasteiger partial charge is 0.478 e. The summed E-state index contributed by atoms with van der Waals surface area (Å²) in [5.41, 5.74) is 0.936. The van der Waals surface area contributed by atoms with E-state index in [-0.39, 0.29) is 0 Å². The zero-order valence-electron chi connectivity index (χ0n) is 7.91. The van der Waals surface area contributed by atoms with Gasteiger partial charge in [0.1, 0.15) is 10.6 Å². The number of nitrogens with one attached hydrogen (secondary N) is 1. The zero-order valence-corrected chi connectivity index (χ0v) is 8.73. The minimum absolute atomic E-state index is 0.335. The Balaban J connectivity index is 2.19. The number of aryl methyl sites for hydroxylation is 1. The molecule has 0 saturated heterocycles. The van der Waals surface area contributed by atoms with Crippen molar-refractivity contribution in [3.05, 3.63) is 11.3 Å². The number of carbonyl (C=O) groups is 1. The molecule has 1 heterocycles. The number of hydrogen-bond acceptors (Lipinski definition) is 4. The van der Waals surface area contributed by atoms with Crippen LogP contribution in [0.25, 0.3) is 0 Å². The van der Waals surface area contributed by atoms with Gasteiger partial charge in [0.15, 0.2) is 0 Å². The van der Waals surface area contributed by atoms with Crippen LogP contribution >= 0.6 is 11.5 Å². The molecule has 2 rings (SSSR count). The molecule has 1 aliphatic carbocycles. The van der Waals surface area contributed by atoms with E-state index >= 15 is 0 Å². The lowest BCUT2D eigenvalue weighted by Crippen LogP contribution is -2.27. The first-order valence-corrected chi connectivity index (χ1v) is 5.42. The van der Waals surface area contributed by atoms with Crippen molar-refractivity contribution in [3.8, 4) is 0 Å². The Bertz CT molecular complexity index is 358. The molecule has 0 spiro atoms. The van der Waals surface area contributed by atoms with Gasteiger partial charge in [-0.2, -0.15) is 4.37 Å². The molecule has 1 aromatic rings. The summed E-state index contributed by atoms with van der Waals surface area (Å²) in [5.74, 6) is -0.891. The molecule has 0 amide bonds. The number of nitrogens with zero attached hydrogens (tertiary/aromatic N) is 1. The summed E-state index contributed by atoms with van der Waals surface area (Å²) < 4.78 is 4.05. The molecule has 1 saturated carbocycles. The Morgan fingerprint density at radius 2 is 2.36 bits per heavy atom. The smallest absolute Gasteiger partial charge is 0.340 e. The Labute approximate surface area is 86.1 Å². The minimum atomic E-state index is -0.891. The van der Waals surface area contributed by atoms with Gasteiger partial charge in [0.2, 0.25) is 0 Å². The van der Waals surface area contributed by atoms with Crippen LogP contribution in [0, 0.1) is 6.92 Å². The number of carboxylic acid groups (broad SMARTS) is 1. The third-order valence-corrected chi connectivity index (χ3v) is 3.39. The first kappa shape index (κ1) is 9.45. The quantitative estimate of drug-likeness (QED) is 0.805. The van der Waals surface area contributed by atoms with Crippen LogP contribution in [0.2, 0.25) is 0 Å². The number of anilines is 1. The molecule has 1 fully saturated rings. The number of rotatable bonds is 3. The fourth-order valence-corrected chi connectivity index (χ4v) is 2.32. The van der Waals surface area contributed by atoms with Gasteiger partial charge in [0.05, 0.1) is 5.69 Å². The van der Waals surface area contributed by atoms with Crippen molar-refractivity contribution in [2.24, 2.45) is 0 Å². The molecule has 0 aromatic carbocycles. The van der Waals surface area contributed by atoms with Gasteiger partial charge < -0.3 is 10.4 Å². The fraction of sp³-hybridized carbons (Fsp3) is 0.556. The van der Waals surface area contributed by atoms with E-state index in [1.54, 1.807) is 6.92 Å². The summed E-state index contributed by atoms with van der Waals surface area (Å²) in [7, 11) is 0. The third-order valence-electron chi connectivity index (χ3n) is 2.52. The van der Waals surface area contributed by atoms with Crippen LogP contribution in [-0.2, 0) is 0 Å². The number of hydrogen-bond donors (Lipinski definition) is 2. The summed E-state index contributed by atoms with van der Waals surface area (Å²) >= 11 is 1.24. The minimum Gasteiger partial charge on any atom is -0.478 e. The molecule has 1 aliphatic rings. The molecule has 14 heavy (non-hydrogen) atoms. The van der Waals surface area contributed by atoms with Gasteiger partial charge in [0.25, 0.3) is 0 Å². The Morgan fingerprint density at radius 1 is 1.64 bits per heavy atom. The maximum Gasteiger partial charge on any atom is 0.340 e. The van der Waals surface area contributed by atoms with Gasteiger partial charge >= 0.3 is 5.97 Å². The van der Waals surface area contributed by atoms with Crippen LogP contribution < -0.4 is 5.32 Å². The van der Waals surface area contributed by atoms with Gasteiger partial charge in [0, 0.05) is 6.04 Å². The maximum atomic E-state index is 10.9. The predicted octanol–water partition coefficient (Wildman–Crippen LogP) is 2.11. The first-order valence-electron chi connectivity index (χ1n) is 4.64. The van der Waals surface area contributed by atoms with E-state index in [0.29, 0.717) is 22.3 Å². The Hall–Kier alpha value is -1.10. The normalized spacial score (nSPS) is 16.4. The lowest BCUT2D eigenvalue weighted by molar-refractivity contribution is 0.0697. The summed E-state index contributed by atoms with van der Waals surface area (Å²) in [5, 5.41) is 12.9. The average Bonchev–Trinajstić information content (AvgIpc) is 2.39. The van der Waals surface area contributed by atoms with E-state index in [9.17, 15) is 4.79 Å². The summed E-state index contributed by atoms with van der Waals surface area (Å²) in [4.78, 5) is 10.9. The first-order chi connectivity index (χ1) is 6.68. The van der Waals surface area contributed by atoms with Crippen molar-refractivity contribution in [1.29, 1.82) is 0 Å². The SMILES string of the molecule is Cc1nsc(NC2CCC2)c1C(=O)O. The van der Waals surface area contributed by atoms with Crippen LogP contribution in [0.5, 0.6) is 0 Å². The van der Waals surface area contributed by atoms with Crippen LogP contribution in [0.15, 0.2) is 0 Å². The van der Waals surface area contributed by atoms with Crippen molar-refractivity contribution in [2.45, 2.75) is 32.2 Å². The van der Waals surface area contributed by atoms with Crippen LogP contribution in [0.1, 0.15) is 35.3 Å². The highest BCUT2D eigenvalue weighted by molar-refractivity contribution is 7.10. The van der Waals surface area contributed by atoms with Gasteiger partial charge in [-0.05, 0) is 37.7 Å². The van der Waals surface area contributed by atoms with E-state index in [4.69, 9.17) is 5.11 Å². The van der Waals surface area contributed by atoms with Gasteiger partial charge in [-0.1, -0.05) is 0 Å². The number of carboxylic acids is 1. The monoisotopic (exact) mass is 212 g/mol. The molecule has 0 bridgehead atoms. The summed E-state index contributed by atoms with van der Waals surface area (Å²) in [6, 6.07) is 0.452. The van der Waals surface area contributed by atoms with Gasteiger partial charge in [-0.25, -0.2) is 4.79 Å². The molecule has 0 radical (unpaired) electrons. The lowest BCUT2D eigenvalue weighted by Gasteiger charge is -2.26. The fourth-order valence-electron chi connectivity index (χ4n) is 1.46. The van der Waals surface area contributed by atoms with Crippen molar-refractivity contribution < 1.29 is 9.90 Å². The highest BCUT2D eigenvalue weighted by atomic mass is 32.1. The van der Waals surface area contributed by atoms with Gasteiger partial charge in [-0.15, -0.1) is 0 Å². The van der Waals surface area contributed by atoms with Crippen molar-refractivity contribution >= 4 is 22.5 Å². The van der Waals surface area contributed by atoms with Crippen molar-refractivity contribution in [1.82, 2.24) is 4.37 Å². The second-order valence-electron chi connectivity index (χ2n) is 3.55. The number of aromatic nitrogens is 1. The van der Waals surface area contributed by atoms with E-state index in [1.807, 2.05) is 0 Å². The molecule has 0 unspecified atom stereocenters. The number of aromatic carboxylic acids is 1. The molecular formula is C9H12N2O2S. The van der Waals surface area contributed by atoms with E-state index in [2.05, 4.69) is 9.69 Å². The van der Waals surface area contributed by atoms with Crippen molar-refractivity contribution in [2.75, 3.05) is 5.32 Å². The molecular weight excluding hydrogens is 200 g/mol. The van der Waals surface area contributed by atoms with Gasteiger partial charge in [-0.3, -0.25) is 0 Å². The molecule has 5 heteroatoms. The lowest BCUT2D eigenvalue weighted by atomic mass is 9.93. The Morgan fingerprint density at radius 3 is 2.86 bits per heavy atom. The predicted molar refractivity (Wildman–Crippen MR) is 55.1 cm³/mol. The molecule has 76 valence electrons. The standard InChI is InChI=1S/C9H12N2O2S/c1-5-7(9(12)13)8(14-11-5)10-6-3-2-4-6/h6,10H,2-4H2,1H3,(H,12,13). The van der Waals surface area contributed by atoms with Crippen LogP contribution in [0.4, 0.5) is 5.00 Å². The molecule has 2 N–H and O–H groups in total. The molecule has 1 aromatic heterocycles. The van der Waals surface area contributed by atoms with E-state index < -0.39 is 5.97 Å². The Kier molecular flexibility index (Phi) is 2.41. The highest BCUT2D eigenvalue weighted by Gasteiger charge is 2.23. The second kappa shape index (κ2) is 3.57. The average molecular weight is 212 g/mol. The topological polar surface area (TPSA) is 62.2 Å². The van der Waals surface area contributed by atoms with Crippen LogP contribution in [-0.4, -0.2) is 21.5 Å². The summed E-state index contributed by atoms with van der Waals surface area (Å²) in [6.07, 6.45) is 3.50. The molecule has 4 nitrogen and oxygen atoms in total. The van der Waals surface area contributed by atoms with Crippen molar-refractivity contribution in [3.63, 3.8) is 0 Å². The third kappa shape index (κ3) is 1.59. The highest BCUT2D eigenvalue weighted by Crippen LogP contribution is 2.29.